The average molecular weight is 343 g/mol. The molecule has 1 aliphatic rings. The van der Waals surface area contributed by atoms with Crippen molar-refractivity contribution in [3.05, 3.63) is 24.0 Å². The summed E-state index contributed by atoms with van der Waals surface area (Å²) in [5, 5.41) is 0.702. The number of hydrogen-bond donors (Lipinski definition) is 0. The van der Waals surface area contributed by atoms with Gasteiger partial charge >= 0.3 is 0 Å². The zero-order chi connectivity index (χ0) is 14.8. The number of aromatic nitrogens is 1. The average Bonchev–Trinajstić information content (AvgIpc) is 2.44. The molecule has 2 rings (SSSR count). The van der Waals surface area contributed by atoms with E-state index in [0.717, 1.165) is 0 Å². The van der Waals surface area contributed by atoms with Gasteiger partial charge in [0.15, 0.2) is 0 Å². The highest BCUT2D eigenvalue weighted by molar-refractivity contribution is 9.09. The second kappa shape index (κ2) is 6.10. The molecule has 1 atom stereocenters. The summed E-state index contributed by atoms with van der Waals surface area (Å²) in [6.07, 6.45) is 3.15. The van der Waals surface area contributed by atoms with E-state index >= 15 is 0 Å². The van der Waals surface area contributed by atoms with Crippen molar-refractivity contribution >= 4 is 21.8 Å². The first kappa shape index (κ1) is 15.3. The second-order valence-corrected chi connectivity index (χ2v) is 6.06. The molecule has 5 nitrogen and oxygen atoms in total. The van der Waals surface area contributed by atoms with Crippen LogP contribution < -0.4 is 4.74 Å². The van der Waals surface area contributed by atoms with Gasteiger partial charge in [-0.05, 0) is 19.9 Å². The van der Waals surface area contributed by atoms with E-state index in [4.69, 9.17) is 9.47 Å². The lowest BCUT2D eigenvalue weighted by Gasteiger charge is -2.42. The molecule has 2 heterocycles. The number of carbonyl (C=O) groups excluding carboxylic acids is 1. The molecule has 1 saturated heterocycles. The summed E-state index contributed by atoms with van der Waals surface area (Å²) in [4.78, 5) is 18.5. The van der Waals surface area contributed by atoms with Crippen molar-refractivity contribution < 1.29 is 14.3 Å². The van der Waals surface area contributed by atoms with Crippen molar-refractivity contribution in [3.8, 4) is 5.75 Å². The molecular formula is C14H19BrN2O3. The zero-order valence-corrected chi connectivity index (χ0v) is 13.5. The van der Waals surface area contributed by atoms with Crippen molar-refractivity contribution in [3.63, 3.8) is 0 Å². The number of alkyl halides is 1. The summed E-state index contributed by atoms with van der Waals surface area (Å²) >= 11 is 3.43. The van der Waals surface area contributed by atoms with Gasteiger partial charge in [-0.1, -0.05) is 15.9 Å². The smallest absolute Gasteiger partial charge is 0.257 e. The largest absolute Gasteiger partial charge is 0.494 e. The zero-order valence-electron chi connectivity index (χ0n) is 11.9. The number of hydrogen-bond acceptors (Lipinski definition) is 4. The summed E-state index contributed by atoms with van der Waals surface area (Å²) in [5.41, 5.74) is 0.181. The highest BCUT2D eigenvalue weighted by Crippen LogP contribution is 2.25. The molecule has 110 valence electrons. The van der Waals surface area contributed by atoms with Crippen LogP contribution in [0.4, 0.5) is 0 Å². The molecule has 0 aromatic carbocycles. The number of rotatable bonds is 3. The number of halogens is 1. The van der Waals surface area contributed by atoms with E-state index in [9.17, 15) is 4.79 Å². The van der Waals surface area contributed by atoms with Crippen LogP contribution in [0.2, 0.25) is 0 Å². The highest BCUT2D eigenvalue weighted by Gasteiger charge is 2.36. The van der Waals surface area contributed by atoms with Gasteiger partial charge < -0.3 is 14.4 Å². The lowest BCUT2D eigenvalue weighted by Crippen LogP contribution is -2.55. The molecule has 0 bridgehead atoms. The molecule has 0 spiro atoms. The first-order valence-electron chi connectivity index (χ1n) is 6.48. The van der Waals surface area contributed by atoms with E-state index in [-0.39, 0.29) is 17.6 Å². The fourth-order valence-electron chi connectivity index (χ4n) is 2.42. The van der Waals surface area contributed by atoms with Gasteiger partial charge in [0.1, 0.15) is 5.75 Å². The third-order valence-electron chi connectivity index (χ3n) is 3.18. The maximum absolute atomic E-state index is 12.7. The Kier molecular flexibility index (Phi) is 4.65. The van der Waals surface area contributed by atoms with Crippen LogP contribution in [-0.2, 0) is 4.74 Å². The molecule has 20 heavy (non-hydrogen) atoms. The second-order valence-electron chi connectivity index (χ2n) is 5.42. The predicted molar refractivity (Wildman–Crippen MR) is 79.4 cm³/mol. The molecule has 1 fully saturated rings. The molecule has 1 aromatic heterocycles. The van der Waals surface area contributed by atoms with Gasteiger partial charge in [-0.15, -0.1) is 0 Å². The Bertz CT molecular complexity index is 493. The number of nitrogens with zero attached hydrogens (tertiary/aromatic N) is 2. The van der Waals surface area contributed by atoms with E-state index in [0.29, 0.717) is 29.7 Å². The van der Waals surface area contributed by atoms with Crippen LogP contribution in [0.3, 0.4) is 0 Å². The Morgan fingerprint density at radius 2 is 2.40 bits per heavy atom. The van der Waals surface area contributed by atoms with Crippen molar-refractivity contribution in [2.24, 2.45) is 0 Å². The number of morpholine rings is 1. The van der Waals surface area contributed by atoms with Crippen LogP contribution in [0.15, 0.2) is 18.5 Å². The Balaban J connectivity index is 2.23. The van der Waals surface area contributed by atoms with Gasteiger partial charge in [0, 0.05) is 24.6 Å². The van der Waals surface area contributed by atoms with Gasteiger partial charge in [-0.25, -0.2) is 0 Å². The topological polar surface area (TPSA) is 51.7 Å². The minimum absolute atomic E-state index is 0.00414. The fraction of sp³-hybridized carbons (Fsp3) is 0.571. The fourth-order valence-corrected chi connectivity index (χ4v) is 2.76. The van der Waals surface area contributed by atoms with Crippen LogP contribution in [0.1, 0.15) is 24.2 Å². The monoisotopic (exact) mass is 342 g/mol. The summed E-state index contributed by atoms with van der Waals surface area (Å²) < 4.78 is 11.1. The normalized spacial score (nSPS) is 21.6. The molecule has 0 radical (unpaired) electrons. The maximum Gasteiger partial charge on any atom is 0.257 e. The highest BCUT2D eigenvalue weighted by atomic mass is 79.9. The van der Waals surface area contributed by atoms with Crippen LogP contribution >= 0.6 is 15.9 Å². The van der Waals surface area contributed by atoms with E-state index in [2.05, 4.69) is 20.9 Å². The lowest BCUT2D eigenvalue weighted by molar-refractivity contribution is -0.116. The number of carbonyl (C=O) groups is 1. The Morgan fingerprint density at radius 1 is 1.65 bits per heavy atom. The van der Waals surface area contributed by atoms with E-state index in [1.54, 1.807) is 25.6 Å². The molecule has 1 unspecified atom stereocenters. The molecule has 6 heteroatoms. The van der Waals surface area contributed by atoms with Gasteiger partial charge in [-0.2, -0.15) is 0 Å². The predicted octanol–water partition coefficient (Wildman–Crippen LogP) is 2.10. The molecule has 1 amide bonds. The SMILES string of the molecule is COc1cnccc1C(=O)N1CC(CBr)OC(C)(C)C1. The third-order valence-corrected chi connectivity index (χ3v) is 3.90. The van der Waals surface area contributed by atoms with Crippen LogP contribution in [-0.4, -0.2) is 53.0 Å². The van der Waals surface area contributed by atoms with E-state index in [1.807, 2.05) is 18.7 Å². The summed E-state index contributed by atoms with van der Waals surface area (Å²) in [6.45, 7) is 5.11. The summed E-state index contributed by atoms with van der Waals surface area (Å²) in [7, 11) is 1.54. The first-order valence-corrected chi connectivity index (χ1v) is 7.60. The standard InChI is InChI=1S/C14H19BrN2O3/c1-14(2)9-17(8-10(6-15)20-14)13(18)11-4-5-16-7-12(11)19-3/h4-5,7,10H,6,8-9H2,1-3H3. The minimum Gasteiger partial charge on any atom is -0.494 e. The molecular weight excluding hydrogens is 324 g/mol. The van der Waals surface area contributed by atoms with E-state index < -0.39 is 0 Å². The van der Waals surface area contributed by atoms with Gasteiger partial charge in [0.25, 0.3) is 5.91 Å². The number of pyridine rings is 1. The Morgan fingerprint density at radius 3 is 3.05 bits per heavy atom. The van der Waals surface area contributed by atoms with Crippen LogP contribution in [0, 0.1) is 0 Å². The lowest BCUT2D eigenvalue weighted by atomic mass is 10.0. The molecule has 0 N–H and O–H groups in total. The minimum atomic E-state index is -0.355. The van der Waals surface area contributed by atoms with Crippen molar-refractivity contribution in [1.29, 1.82) is 0 Å². The van der Waals surface area contributed by atoms with Gasteiger partial charge in [0.05, 0.1) is 30.6 Å². The number of ether oxygens (including phenoxy) is 2. The van der Waals surface area contributed by atoms with Gasteiger partial charge in [-0.3, -0.25) is 9.78 Å². The van der Waals surface area contributed by atoms with Gasteiger partial charge in [0.2, 0.25) is 0 Å². The number of methoxy groups -OCH3 is 1. The van der Waals surface area contributed by atoms with Crippen molar-refractivity contribution in [2.45, 2.75) is 25.6 Å². The third kappa shape index (κ3) is 3.30. The molecule has 0 saturated carbocycles. The Labute approximate surface area is 127 Å². The van der Waals surface area contributed by atoms with Crippen molar-refractivity contribution in [1.82, 2.24) is 9.88 Å². The quantitative estimate of drug-likeness (QED) is 0.789. The van der Waals surface area contributed by atoms with Crippen molar-refractivity contribution in [2.75, 3.05) is 25.5 Å². The molecule has 1 aromatic rings. The number of amides is 1. The summed E-state index contributed by atoms with van der Waals surface area (Å²) in [6, 6.07) is 1.69. The van der Waals surface area contributed by atoms with Crippen LogP contribution in [0.5, 0.6) is 5.75 Å². The molecule has 0 aliphatic carbocycles. The first-order chi connectivity index (χ1) is 9.46. The van der Waals surface area contributed by atoms with E-state index in [1.165, 1.54) is 0 Å². The Hall–Kier alpha value is -1.14. The molecule has 1 aliphatic heterocycles. The summed E-state index contributed by atoms with van der Waals surface area (Å²) in [5.74, 6) is 0.448. The maximum atomic E-state index is 12.7. The van der Waals surface area contributed by atoms with Crippen LogP contribution in [0.25, 0.3) is 0 Å².